The van der Waals surface area contributed by atoms with Crippen LogP contribution in [0.1, 0.15) is 21.1 Å². The third-order valence-corrected chi connectivity index (χ3v) is 5.96. The maximum absolute atomic E-state index is 15.2. The molecule has 1 amide bonds. The first-order valence-electron chi connectivity index (χ1n) is 9.35. The monoisotopic (exact) mass is 459 g/mol. The van der Waals surface area contributed by atoms with Crippen molar-refractivity contribution in [2.75, 3.05) is 20.6 Å². The Morgan fingerprint density at radius 3 is 2.81 bits per heavy atom. The van der Waals surface area contributed by atoms with E-state index in [0.717, 1.165) is 17.2 Å². The van der Waals surface area contributed by atoms with Crippen molar-refractivity contribution in [2.45, 2.75) is 12.1 Å². The molecule has 31 heavy (non-hydrogen) atoms. The van der Waals surface area contributed by atoms with Crippen LogP contribution >= 0.6 is 22.9 Å². The van der Waals surface area contributed by atoms with Gasteiger partial charge in [-0.15, -0.1) is 21.6 Å². The number of nitrogens with one attached hydrogen (secondary N) is 1. The Morgan fingerprint density at radius 1 is 1.32 bits per heavy atom. The van der Waals surface area contributed by atoms with Gasteiger partial charge in [-0.1, -0.05) is 17.7 Å². The van der Waals surface area contributed by atoms with Crippen LogP contribution in [0.5, 0.6) is 0 Å². The van der Waals surface area contributed by atoms with Crippen LogP contribution in [0.15, 0.2) is 58.2 Å². The molecule has 3 heterocycles. The Balaban J connectivity index is 1.59. The number of carbonyl (C=O) groups is 1. The van der Waals surface area contributed by atoms with Crippen LogP contribution in [0.4, 0.5) is 4.39 Å². The number of hydrogen-bond acceptors (Lipinski definition) is 7. The van der Waals surface area contributed by atoms with Crippen molar-refractivity contribution in [1.82, 2.24) is 19.8 Å². The fourth-order valence-electron chi connectivity index (χ4n) is 3.27. The molecule has 1 atom stereocenters. The van der Waals surface area contributed by atoms with Gasteiger partial charge in [0, 0.05) is 23.6 Å². The van der Waals surface area contributed by atoms with Crippen LogP contribution in [0, 0.1) is 5.82 Å². The molecule has 8 nitrogen and oxygen atoms in total. The Morgan fingerprint density at radius 2 is 2.16 bits per heavy atom. The zero-order chi connectivity index (χ0) is 22.0. The number of aromatic nitrogens is 2. The molecule has 1 aromatic carbocycles. The van der Waals surface area contributed by atoms with E-state index in [1.165, 1.54) is 12.3 Å². The Hall–Kier alpha value is -2.95. The average molecular weight is 460 g/mol. The lowest BCUT2D eigenvalue weighted by atomic mass is 9.91. The standard InChI is InChI=1S/C20H19ClFN7OS/c1-28(2)10-18-23-7-8-29(18)13-3-4-14(15(22)9-13)20(12-25-27-26-20)11-24-19(30)16-5-6-17(21)31-16/h3-9,12H,10-11H2,1-2H3,(H,24,30). The van der Waals surface area contributed by atoms with Crippen molar-refractivity contribution in [3.05, 3.63) is 69.1 Å². The normalized spacial score (nSPS) is 17.6. The number of amides is 1. The number of carbonyl (C=O) groups excluding carboxylic acids is 1. The van der Waals surface area contributed by atoms with Crippen LogP contribution in [0.3, 0.4) is 0 Å². The SMILES string of the molecule is CN(C)Cc1nccn1-c1ccc(C2(CNC(=O)c3ccc(Cl)s3)C=NN=N2)c(F)c1. The topological polar surface area (TPSA) is 87.2 Å². The van der Waals surface area contributed by atoms with E-state index >= 15 is 4.39 Å². The highest BCUT2D eigenvalue weighted by Crippen LogP contribution is 2.31. The lowest BCUT2D eigenvalue weighted by Gasteiger charge is -2.23. The van der Waals surface area contributed by atoms with Crippen molar-refractivity contribution in [3.63, 3.8) is 0 Å². The summed E-state index contributed by atoms with van der Waals surface area (Å²) in [5, 5.41) is 14.4. The number of rotatable bonds is 7. The molecule has 2 aromatic heterocycles. The molecule has 0 aliphatic carbocycles. The van der Waals surface area contributed by atoms with Gasteiger partial charge in [0.2, 0.25) is 0 Å². The third kappa shape index (κ3) is 4.41. The molecule has 0 bridgehead atoms. The van der Waals surface area contributed by atoms with E-state index in [1.807, 2.05) is 23.6 Å². The maximum Gasteiger partial charge on any atom is 0.261 e. The summed E-state index contributed by atoms with van der Waals surface area (Å²) >= 11 is 7.06. The molecule has 1 aliphatic heterocycles. The summed E-state index contributed by atoms with van der Waals surface area (Å²) in [4.78, 5) is 19.2. The van der Waals surface area contributed by atoms with E-state index < -0.39 is 11.4 Å². The molecular formula is C20H19ClFN7OS. The van der Waals surface area contributed by atoms with Crippen molar-refractivity contribution in [2.24, 2.45) is 15.4 Å². The molecule has 0 spiro atoms. The molecule has 0 radical (unpaired) electrons. The quantitative estimate of drug-likeness (QED) is 0.581. The summed E-state index contributed by atoms with van der Waals surface area (Å²) in [6.07, 6.45) is 4.89. The van der Waals surface area contributed by atoms with Crippen molar-refractivity contribution < 1.29 is 9.18 Å². The highest BCUT2D eigenvalue weighted by molar-refractivity contribution is 7.18. The Bertz CT molecular complexity index is 1160. The predicted molar refractivity (Wildman–Crippen MR) is 118 cm³/mol. The summed E-state index contributed by atoms with van der Waals surface area (Å²) in [5.74, 6) is -0.0193. The summed E-state index contributed by atoms with van der Waals surface area (Å²) in [7, 11) is 3.88. The van der Waals surface area contributed by atoms with E-state index in [-0.39, 0.29) is 18.0 Å². The van der Waals surface area contributed by atoms with Gasteiger partial charge in [0.15, 0.2) is 5.54 Å². The average Bonchev–Trinajstić information content (AvgIpc) is 3.47. The van der Waals surface area contributed by atoms with Gasteiger partial charge in [-0.3, -0.25) is 4.79 Å². The van der Waals surface area contributed by atoms with Gasteiger partial charge in [0.05, 0.1) is 28.5 Å². The molecule has 11 heteroatoms. The number of halogens is 2. The van der Waals surface area contributed by atoms with Gasteiger partial charge in [-0.05, 0) is 43.6 Å². The van der Waals surface area contributed by atoms with E-state index in [2.05, 4.69) is 25.7 Å². The zero-order valence-corrected chi connectivity index (χ0v) is 18.4. The number of thiophene rings is 1. The van der Waals surface area contributed by atoms with Gasteiger partial charge >= 0.3 is 0 Å². The summed E-state index contributed by atoms with van der Waals surface area (Å²) in [6, 6.07) is 8.11. The smallest absolute Gasteiger partial charge is 0.261 e. The minimum atomic E-state index is -1.22. The second-order valence-corrected chi connectivity index (χ2v) is 8.98. The second-order valence-electron chi connectivity index (χ2n) is 7.26. The molecule has 4 rings (SSSR count). The highest BCUT2D eigenvalue weighted by Gasteiger charge is 2.37. The number of hydrogen-bond donors (Lipinski definition) is 1. The number of imidazole rings is 1. The van der Waals surface area contributed by atoms with E-state index in [4.69, 9.17) is 11.6 Å². The molecule has 160 valence electrons. The van der Waals surface area contributed by atoms with Crippen LogP contribution < -0.4 is 5.32 Å². The van der Waals surface area contributed by atoms with Crippen molar-refractivity contribution in [1.29, 1.82) is 0 Å². The van der Waals surface area contributed by atoms with Crippen LogP contribution in [0.25, 0.3) is 5.69 Å². The number of benzene rings is 1. The molecule has 3 aromatic rings. The lowest BCUT2D eigenvalue weighted by molar-refractivity contribution is 0.0952. The number of nitrogens with zero attached hydrogens (tertiary/aromatic N) is 6. The molecule has 1 aliphatic rings. The Labute approximate surface area is 187 Å². The van der Waals surface area contributed by atoms with Gasteiger partial charge in [-0.2, -0.15) is 0 Å². The van der Waals surface area contributed by atoms with Gasteiger partial charge in [-0.25, -0.2) is 9.37 Å². The first-order chi connectivity index (χ1) is 14.9. The van der Waals surface area contributed by atoms with Crippen LogP contribution in [0.2, 0.25) is 4.34 Å². The van der Waals surface area contributed by atoms with Crippen molar-refractivity contribution >= 4 is 35.1 Å². The molecule has 0 fully saturated rings. The van der Waals surface area contributed by atoms with Gasteiger partial charge in [0.25, 0.3) is 5.91 Å². The third-order valence-electron chi connectivity index (χ3n) is 4.73. The van der Waals surface area contributed by atoms with Gasteiger partial charge in [0.1, 0.15) is 11.6 Å². The molecule has 0 saturated heterocycles. The Kier molecular flexibility index (Phi) is 5.94. The first-order valence-corrected chi connectivity index (χ1v) is 10.5. The van der Waals surface area contributed by atoms with Crippen LogP contribution in [-0.2, 0) is 12.1 Å². The lowest BCUT2D eigenvalue weighted by Crippen LogP contribution is -2.40. The highest BCUT2D eigenvalue weighted by atomic mass is 35.5. The van der Waals surface area contributed by atoms with Gasteiger partial charge < -0.3 is 14.8 Å². The largest absolute Gasteiger partial charge is 0.348 e. The predicted octanol–water partition coefficient (Wildman–Crippen LogP) is 3.86. The first kappa shape index (κ1) is 21.3. The minimum Gasteiger partial charge on any atom is -0.348 e. The van der Waals surface area contributed by atoms with E-state index in [9.17, 15) is 4.79 Å². The summed E-state index contributed by atoms with van der Waals surface area (Å²) in [6.45, 7) is 0.613. The molecular weight excluding hydrogens is 441 g/mol. The maximum atomic E-state index is 15.2. The molecule has 1 N–H and O–H groups in total. The molecule has 1 unspecified atom stereocenters. The van der Waals surface area contributed by atoms with Crippen molar-refractivity contribution in [3.8, 4) is 5.69 Å². The minimum absolute atomic E-state index is 0.00156. The fraction of sp³-hybridized carbons (Fsp3) is 0.250. The van der Waals surface area contributed by atoms with Crippen LogP contribution in [-0.4, -0.2) is 47.2 Å². The second kappa shape index (κ2) is 8.66. The summed E-state index contributed by atoms with van der Waals surface area (Å²) < 4.78 is 17.6. The zero-order valence-electron chi connectivity index (χ0n) is 16.8. The molecule has 0 saturated carbocycles. The summed E-state index contributed by atoms with van der Waals surface area (Å²) in [5.41, 5.74) is -0.323. The fourth-order valence-corrected chi connectivity index (χ4v) is 4.22. The van der Waals surface area contributed by atoms with E-state index in [0.29, 0.717) is 21.4 Å². The van der Waals surface area contributed by atoms with E-state index in [1.54, 1.807) is 36.7 Å².